The molecule has 6 heteroatoms. The van der Waals surface area contributed by atoms with Gasteiger partial charge in [-0.25, -0.2) is 4.79 Å². The zero-order valence-electron chi connectivity index (χ0n) is 13.4. The molecule has 0 aliphatic rings. The lowest BCUT2D eigenvalue weighted by atomic mass is 10.3. The summed E-state index contributed by atoms with van der Waals surface area (Å²) >= 11 is 0. The van der Waals surface area contributed by atoms with Gasteiger partial charge in [0.1, 0.15) is 0 Å². The van der Waals surface area contributed by atoms with Crippen molar-refractivity contribution in [1.82, 2.24) is 0 Å². The maximum Gasteiger partial charge on any atom is 0.504 e. The zero-order valence-corrected chi connectivity index (χ0v) is 14.4. The topological polar surface area (TPSA) is 54.0 Å². The Bertz CT molecular complexity index is 289. The van der Waals surface area contributed by atoms with Crippen LogP contribution in [0.2, 0.25) is 5.54 Å². The van der Waals surface area contributed by atoms with Crippen molar-refractivity contribution in [1.29, 1.82) is 0 Å². The number of rotatable bonds is 11. The van der Waals surface area contributed by atoms with Crippen LogP contribution < -0.4 is 0 Å². The largest absolute Gasteiger partial charge is 0.504 e. The summed E-state index contributed by atoms with van der Waals surface area (Å²) in [5.41, 5.74) is 0.473. The van der Waals surface area contributed by atoms with Crippen LogP contribution in [0.3, 0.4) is 0 Å². The first-order valence-corrected chi connectivity index (χ1v) is 8.98. The van der Waals surface area contributed by atoms with Crippen molar-refractivity contribution in [2.75, 3.05) is 26.4 Å². The molecule has 20 heavy (non-hydrogen) atoms. The summed E-state index contributed by atoms with van der Waals surface area (Å²) in [4.78, 5) is 11.3. The molecule has 0 aromatic carbocycles. The number of hydrogen-bond acceptors (Lipinski definition) is 5. The normalized spacial score (nSPS) is 13.1. The quantitative estimate of drug-likeness (QED) is 0.334. The van der Waals surface area contributed by atoms with Crippen molar-refractivity contribution >= 4 is 14.8 Å². The standard InChI is InChI=1S/C14H28O5Si/c1-7-17-20(18-8-2,19-9-3)13(6)10-11-16-14(15)12(4)5/h13H,4,7-11H2,1-3,5-6H3. The first-order valence-electron chi connectivity index (χ1n) is 7.17. The van der Waals surface area contributed by atoms with Gasteiger partial charge in [0.05, 0.1) is 6.61 Å². The molecule has 5 nitrogen and oxygen atoms in total. The van der Waals surface area contributed by atoms with Crippen LogP contribution in [0.5, 0.6) is 0 Å². The third-order valence-electron chi connectivity index (χ3n) is 2.77. The van der Waals surface area contributed by atoms with E-state index < -0.39 is 8.80 Å². The number of hydrogen-bond donors (Lipinski definition) is 0. The molecule has 0 N–H and O–H groups in total. The van der Waals surface area contributed by atoms with Gasteiger partial charge in [0.15, 0.2) is 0 Å². The van der Waals surface area contributed by atoms with E-state index in [1.807, 2.05) is 27.7 Å². The Morgan fingerprint density at radius 3 is 1.90 bits per heavy atom. The predicted octanol–water partition coefficient (Wildman–Crippen LogP) is 2.93. The molecule has 0 aromatic heterocycles. The van der Waals surface area contributed by atoms with Crippen LogP contribution in [0.15, 0.2) is 12.2 Å². The first-order chi connectivity index (χ1) is 9.43. The van der Waals surface area contributed by atoms with Gasteiger partial charge < -0.3 is 18.0 Å². The molecule has 0 rings (SSSR count). The maximum atomic E-state index is 11.3. The van der Waals surface area contributed by atoms with E-state index in [1.165, 1.54) is 0 Å². The van der Waals surface area contributed by atoms with Gasteiger partial charge in [0.25, 0.3) is 0 Å². The van der Waals surface area contributed by atoms with Gasteiger partial charge in [-0.2, -0.15) is 0 Å². The molecule has 0 saturated heterocycles. The maximum absolute atomic E-state index is 11.3. The van der Waals surface area contributed by atoms with E-state index in [1.54, 1.807) is 6.92 Å². The summed E-state index contributed by atoms with van der Waals surface area (Å²) in [6.45, 7) is 14.9. The van der Waals surface area contributed by atoms with Crippen LogP contribution in [0.4, 0.5) is 0 Å². The summed E-state index contributed by atoms with van der Waals surface area (Å²) in [5, 5.41) is 0. The predicted molar refractivity (Wildman–Crippen MR) is 80.4 cm³/mol. The van der Waals surface area contributed by atoms with Crippen molar-refractivity contribution in [3.63, 3.8) is 0 Å². The van der Waals surface area contributed by atoms with E-state index in [9.17, 15) is 4.79 Å². The molecule has 0 heterocycles. The lowest BCUT2D eigenvalue weighted by Gasteiger charge is -2.33. The first kappa shape index (κ1) is 19.3. The fourth-order valence-corrected chi connectivity index (χ4v) is 4.57. The van der Waals surface area contributed by atoms with E-state index in [0.717, 1.165) is 0 Å². The van der Waals surface area contributed by atoms with Gasteiger partial charge in [0.2, 0.25) is 0 Å². The Labute approximate surface area is 123 Å². The summed E-state index contributed by atoms with van der Waals surface area (Å²) in [6, 6.07) is 0. The average Bonchev–Trinajstić information content (AvgIpc) is 2.38. The summed E-state index contributed by atoms with van der Waals surface area (Å²) in [7, 11) is -2.71. The molecular weight excluding hydrogens is 276 g/mol. The van der Waals surface area contributed by atoms with Crippen LogP contribution >= 0.6 is 0 Å². The number of esters is 1. The minimum absolute atomic E-state index is 0.0697. The van der Waals surface area contributed by atoms with Gasteiger partial charge in [-0.3, -0.25) is 0 Å². The number of ether oxygens (including phenoxy) is 1. The van der Waals surface area contributed by atoms with Crippen molar-refractivity contribution in [2.45, 2.75) is 46.6 Å². The Morgan fingerprint density at radius 2 is 1.55 bits per heavy atom. The van der Waals surface area contributed by atoms with Gasteiger partial charge in [-0.1, -0.05) is 13.5 Å². The molecule has 0 aliphatic heterocycles. The molecule has 0 amide bonds. The smallest absolute Gasteiger partial charge is 0.462 e. The Hall–Kier alpha value is -0.693. The number of carbonyl (C=O) groups excluding carboxylic acids is 1. The van der Waals surface area contributed by atoms with Crippen molar-refractivity contribution < 1.29 is 22.8 Å². The highest BCUT2D eigenvalue weighted by Crippen LogP contribution is 2.28. The van der Waals surface area contributed by atoms with E-state index in [2.05, 4.69) is 6.58 Å². The van der Waals surface area contributed by atoms with Crippen LogP contribution in [0.25, 0.3) is 0 Å². The highest BCUT2D eigenvalue weighted by atomic mass is 28.4. The SMILES string of the molecule is C=C(C)C(=O)OCCC(C)[Si](OCC)(OCC)OCC. The van der Waals surface area contributed by atoms with E-state index in [-0.39, 0.29) is 11.5 Å². The van der Waals surface area contributed by atoms with Crippen molar-refractivity contribution in [3.8, 4) is 0 Å². The minimum Gasteiger partial charge on any atom is -0.462 e. The highest BCUT2D eigenvalue weighted by molar-refractivity contribution is 6.62. The molecule has 118 valence electrons. The molecule has 1 atom stereocenters. The molecule has 1 unspecified atom stereocenters. The molecule has 0 bridgehead atoms. The molecule has 0 spiro atoms. The second kappa shape index (κ2) is 10.1. The summed E-state index contributed by atoms with van der Waals surface area (Å²) in [5.74, 6) is -0.367. The van der Waals surface area contributed by atoms with Crippen molar-refractivity contribution in [3.05, 3.63) is 12.2 Å². The summed E-state index contributed by atoms with van der Waals surface area (Å²) < 4.78 is 22.6. The van der Waals surface area contributed by atoms with E-state index in [0.29, 0.717) is 38.4 Å². The van der Waals surface area contributed by atoms with Crippen molar-refractivity contribution in [2.24, 2.45) is 0 Å². The minimum atomic E-state index is -2.71. The van der Waals surface area contributed by atoms with Crippen LogP contribution in [-0.4, -0.2) is 41.2 Å². The molecule has 0 saturated carbocycles. The monoisotopic (exact) mass is 304 g/mol. The van der Waals surface area contributed by atoms with Crippen LogP contribution in [0, 0.1) is 0 Å². The van der Waals surface area contributed by atoms with Gasteiger partial charge in [-0.15, -0.1) is 0 Å². The molecule has 0 fully saturated rings. The van der Waals surface area contributed by atoms with E-state index >= 15 is 0 Å². The Kier molecular flexibility index (Phi) is 9.74. The van der Waals surface area contributed by atoms with Gasteiger partial charge in [-0.05, 0) is 34.1 Å². The Morgan fingerprint density at radius 1 is 1.10 bits per heavy atom. The molecule has 0 radical (unpaired) electrons. The molecule has 0 aliphatic carbocycles. The molecular formula is C14H28O5Si. The zero-order chi connectivity index (χ0) is 15.6. The fourth-order valence-electron chi connectivity index (χ4n) is 1.78. The molecule has 0 aromatic rings. The number of carbonyl (C=O) groups is 1. The second-order valence-corrected chi connectivity index (χ2v) is 7.57. The second-order valence-electron chi connectivity index (χ2n) is 4.51. The third kappa shape index (κ3) is 6.17. The lowest BCUT2D eigenvalue weighted by molar-refractivity contribution is -0.139. The van der Waals surface area contributed by atoms with Gasteiger partial charge >= 0.3 is 14.8 Å². The van der Waals surface area contributed by atoms with Crippen LogP contribution in [-0.2, 0) is 22.8 Å². The highest BCUT2D eigenvalue weighted by Gasteiger charge is 2.46. The summed E-state index contributed by atoms with van der Waals surface area (Å²) in [6.07, 6.45) is 0.644. The Balaban J connectivity index is 4.56. The average molecular weight is 304 g/mol. The lowest BCUT2D eigenvalue weighted by Crippen LogP contribution is -2.50. The van der Waals surface area contributed by atoms with Crippen LogP contribution in [0.1, 0.15) is 41.0 Å². The fraction of sp³-hybridized carbons (Fsp3) is 0.786. The van der Waals surface area contributed by atoms with Gasteiger partial charge in [0, 0.05) is 30.9 Å². The van der Waals surface area contributed by atoms with E-state index in [4.69, 9.17) is 18.0 Å². The third-order valence-corrected chi connectivity index (χ3v) is 6.34.